The molecule has 36 heavy (non-hydrogen) atoms. The number of nitrogens with one attached hydrogen (secondary N) is 2. The average molecular weight is 517 g/mol. The number of halogens is 1. The Balaban J connectivity index is 1.84. The number of carbonyl (C=O) groups excluding carboxylic acids is 1. The molecule has 0 unspecified atom stereocenters. The smallest absolute Gasteiger partial charge is 0.271 e. The number of carbonyl (C=O) groups is 1. The highest BCUT2D eigenvalue weighted by atomic mass is 32.2. The standard InChI is InChI=1S/C26H33FN4O4S/c1-26(2,27)14-13-19(36(34,35)28-3)16-24(32)22(15-18-9-5-4-6-10-18)31-25(33)23-17-29-20-11-7-8-12-21(20)30-23/h4-12,17,19,22,24,28,32H,13-16H2,1-3H3,(H,31,33)/t19-,22-,24-/m0/s1. The van der Waals surface area contributed by atoms with E-state index in [0.717, 1.165) is 5.56 Å². The van der Waals surface area contributed by atoms with Crippen molar-refractivity contribution in [1.82, 2.24) is 20.0 Å². The van der Waals surface area contributed by atoms with Gasteiger partial charge in [-0.05, 0) is 64.3 Å². The Morgan fingerprint density at radius 3 is 2.36 bits per heavy atom. The van der Waals surface area contributed by atoms with Crippen molar-refractivity contribution in [2.45, 2.75) is 62.6 Å². The second-order valence-electron chi connectivity index (χ2n) is 9.45. The molecule has 3 atom stereocenters. The van der Waals surface area contributed by atoms with E-state index in [2.05, 4.69) is 20.0 Å². The first-order chi connectivity index (χ1) is 17.0. The Morgan fingerprint density at radius 1 is 1.08 bits per heavy atom. The van der Waals surface area contributed by atoms with Gasteiger partial charge < -0.3 is 10.4 Å². The topological polar surface area (TPSA) is 121 Å². The van der Waals surface area contributed by atoms with E-state index >= 15 is 0 Å². The minimum atomic E-state index is -3.80. The first-order valence-electron chi connectivity index (χ1n) is 11.8. The number of fused-ring (bicyclic) bond motifs is 1. The van der Waals surface area contributed by atoms with Crippen molar-refractivity contribution in [3.63, 3.8) is 0 Å². The van der Waals surface area contributed by atoms with Crippen LogP contribution in [0.15, 0.2) is 60.8 Å². The third kappa shape index (κ3) is 7.78. The van der Waals surface area contributed by atoms with Crippen LogP contribution in [0.2, 0.25) is 0 Å². The predicted molar refractivity (Wildman–Crippen MR) is 138 cm³/mol. The van der Waals surface area contributed by atoms with Crippen LogP contribution >= 0.6 is 0 Å². The first-order valence-corrected chi connectivity index (χ1v) is 13.4. The molecule has 0 radical (unpaired) electrons. The van der Waals surface area contributed by atoms with Gasteiger partial charge in [-0.3, -0.25) is 9.78 Å². The molecule has 194 valence electrons. The van der Waals surface area contributed by atoms with E-state index in [-0.39, 0.29) is 31.4 Å². The zero-order chi connectivity index (χ0) is 26.3. The number of hydrogen-bond donors (Lipinski definition) is 3. The molecular weight excluding hydrogens is 483 g/mol. The largest absolute Gasteiger partial charge is 0.391 e. The minimum Gasteiger partial charge on any atom is -0.391 e. The lowest BCUT2D eigenvalue weighted by Gasteiger charge is -2.28. The molecule has 3 aromatic rings. The molecule has 1 aromatic heterocycles. The molecule has 0 saturated carbocycles. The van der Waals surface area contributed by atoms with Crippen LogP contribution in [0, 0.1) is 0 Å². The Bertz CT molecular complexity index is 1270. The number of aliphatic hydroxyl groups is 1. The van der Waals surface area contributed by atoms with Crippen LogP contribution in [0.1, 0.15) is 49.2 Å². The van der Waals surface area contributed by atoms with Gasteiger partial charge in [0.1, 0.15) is 11.4 Å². The van der Waals surface area contributed by atoms with E-state index in [1.807, 2.05) is 36.4 Å². The van der Waals surface area contributed by atoms with E-state index in [4.69, 9.17) is 0 Å². The summed E-state index contributed by atoms with van der Waals surface area (Å²) in [4.78, 5) is 21.7. The monoisotopic (exact) mass is 516 g/mol. The quantitative estimate of drug-likeness (QED) is 0.340. The van der Waals surface area contributed by atoms with E-state index in [1.54, 1.807) is 18.2 Å². The summed E-state index contributed by atoms with van der Waals surface area (Å²) in [6, 6.07) is 15.6. The van der Waals surface area contributed by atoms with Crippen LogP contribution in [0.5, 0.6) is 0 Å². The number of alkyl halides is 1. The molecule has 0 fully saturated rings. The highest BCUT2D eigenvalue weighted by molar-refractivity contribution is 7.90. The molecular formula is C26H33FN4O4S. The fourth-order valence-electron chi connectivity index (χ4n) is 3.96. The minimum absolute atomic E-state index is 0.00763. The highest BCUT2D eigenvalue weighted by Crippen LogP contribution is 2.24. The maximum absolute atomic E-state index is 14.1. The van der Waals surface area contributed by atoms with Crippen molar-refractivity contribution >= 4 is 27.0 Å². The van der Waals surface area contributed by atoms with Gasteiger partial charge >= 0.3 is 0 Å². The van der Waals surface area contributed by atoms with Gasteiger partial charge in [-0.2, -0.15) is 0 Å². The van der Waals surface area contributed by atoms with E-state index in [1.165, 1.54) is 27.1 Å². The van der Waals surface area contributed by atoms with Gasteiger partial charge in [0.05, 0.1) is 34.6 Å². The van der Waals surface area contributed by atoms with E-state index in [0.29, 0.717) is 11.0 Å². The summed E-state index contributed by atoms with van der Waals surface area (Å²) in [5.74, 6) is -0.536. The fourth-order valence-corrected chi connectivity index (χ4v) is 5.18. The van der Waals surface area contributed by atoms with E-state index in [9.17, 15) is 22.7 Å². The number of rotatable bonds is 12. The molecule has 1 amide bonds. The van der Waals surface area contributed by atoms with Crippen molar-refractivity contribution in [3.8, 4) is 0 Å². The van der Waals surface area contributed by atoms with Crippen molar-refractivity contribution in [2.24, 2.45) is 0 Å². The summed E-state index contributed by atoms with van der Waals surface area (Å²) in [6.45, 7) is 2.77. The number of aromatic nitrogens is 2. The molecule has 3 N–H and O–H groups in total. The van der Waals surface area contributed by atoms with Crippen molar-refractivity contribution < 1.29 is 22.7 Å². The molecule has 0 saturated heterocycles. The maximum Gasteiger partial charge on any atom is 0.271 e. The van der Waals surface area contributed by atoms with Gasteiger partial charge in [-0.1, -0.05) is 42.5 Å². The van der Waals surface area contributed by atoms with Crippen LogP contribution in [0.25, 0.3) is 11.0 Å². The number of amides is 1. The SMILES string of the molecule is CNS(=O)(=O)[C@@H](CCC(C)(C)F)C[C@H](O)[C@H](Cc1ccccc1)NC(=O)c1cnc2ccccc2n1. The molecule has 10 heteroatoms. The number of aliphatic hydroxyl groups excluding tert-OH is 1. The molecule has 3 rings (SSSR count). The van der Waals surface area contributed by atoms with Crippen LogP contribution in [-0.2, 0) is 16.4 Å². The summed E-state index contributed by atoms with van der Waals surface area (Å²) >= 11 is 0. The second kappa shape index (κ2) is 11.9. The van der Waals surface area contributed by atoms with Gasteiger partial charge in [0.25, 0.3) is 5.91 Å². The van der Waals surface area contributed by atoms with Gasteiger partial charge in [0.15, 0.2) is 0 Å². The lowest BCUT2D eigenvalue weighted by Crippen LogP contribution is -2.47. The highest BCUT2D eigenvalue weighted by Gasteiger charge is 2.33. The third-order valence-corrected chi connectivity index (χ3v) is 7.92. The summed E-state index contributed by atoms with van der Waals surface area (Å²) in [6.07, 6.45) is 0.245. The fraction of sp³-hybridized carbons (Fsp3) is 0.423. The van der Waals surface area contributed by atoms with Crippen molar-refractivity contribution in [1.29, 1.82) is 0 Å². The Kier molecular flexibility index (Phi) is 9.10. The molecule has 0 bridgehead atoms. The third-order valence-electron chi connectivity index (χ3n) is 6.05. The zero-order valence-corrected chi connectivity index (χ0v) is 21.5. The lowest BCUT2D eigenvalue weighted by molar-refractivity contribution is 0.0801. The van der Waals surface area contributed by atoms with Crippen LogP contribution in [0.4, 0.5) is 4.39 Å². The van der Waals surface area contributed by atoms with Crippen LogP contribution < -0.4 is 10.0 Å². The molecule has 0 spiro atoms. The van der Waals surface area contributed by atoms with Gasteiger partial charge in [-0.25, -0.2) is 22.5 Å². The number of sulfonamides is 1. The van der Waals surface area contributed by atoms with Gasteiger partial charge in [0.2, 0.25) is 10.0 Å². The average Bonchev–Trinajstić information content (AvgIpc) is 2.85. The zero-order valence-electron chi connectivity index (χ0n) is 20.7. The summed E-state index contributed by atoms with van der Waals surface area (Å²) in [5, 5.41) is 12.9. The van der Waals surface area contributed by atoms with Crippen LogP contribution in [0.3, 0.4) is 0 Å². The van der Waals surface area contributed by atoms with Gasteiger partial charge in [-0.15, -0.1) is 0 Å². The van der Waals surface area contributed by atoms with Gasteiger partial charge in [0, 0.05) is 0 Å². The Hall–Kier alpha value is -2.95. The Morgan fingerprint density at radius 2 is 1.72 bits per heavy atom. The number of hydrogen-bond acceptors (Lipinski definition) is 6. The Labute approximate surface area is 211 Å². The number of para-hydroxylation sites is 2. The molecule has 0 aliphatic rings. The van der Waals surface area contributed by atoms with Crippen molar-refractivity contribution in [3.05, 3.63) is 72.1 Å². The van der Waals surface area contributed by atoms with Crippen LogP contribution in [-0.4, -0.2) is 59.5 Å². The molecule has 0 aliphatic heterocycles. The molecule has 0 aliphatic carbocycles. The van der Waals surface area contributed by atoms with E-state index < -0.39 is 39.0 Å². The summed E-state index contributed by atoms with van der Waals surface area (Å²) in [7, 11) is -2.51. The summed E-state index contributed by atoms with van der Waals surface area (Å²) < 4.78 is 41.7. The molecule has 8 nitrogen and oxygen atoms in total. The molecule has 1 heterocycles. The first kappa shape index (κ1) is 27.6. The number of nitrogens with zero attached hydrogens (tertiary/aromatic N) is 2. The summed E-state index contributed by atoms with van der Waals surface area (Å²) in [5.41, 5.74) is 0.575. The molecule has 2 aromatic carbocycles. The second-order valence-corrected chi connectivity index (χ2v) is 11.6. The lowest BCUT2D eigenvalue weighted by atomic mass is 9.95. The maximum atomic E-state index is 14.1. The predicted octanol–water partition coefficient (Wildman–Crippen LogP) is 3.17. The number of benzene rings is 2. The van der Waals surface area contributed by atoms with Crippen molar-refractivity contribution in [2.75, 3.05) is 7.05 Å². The normalized spacial score (nSPS) is 14.8.